The van der Waals surface area contributed by atoms with Crippen molar-refractivity contribution in [2.24, 2.45) is 5.92 Å². The van der Waals surface area contributed by atoms with E-state index in [1.54, 1.807) is 19.2 Å². The first kappa shape index (κ1) is 20.3. The SMILES string of the molecule is COC1CCN(C(=O)C2CCN(S(=O)(=O)c3ccc4ccccc4c3)CC2)CC1. The molecule has 0 aliphatic carbocycles. The van der Waals surface area contributed by atoms with Crippen LogP contribution in [-0.2, 0) is 19.6 Å². The van der Waals surface area contributed by atoms with Crippen LogP contribution in [0, 0.1) is 5.92 Å². The third kappa shape index (κ3) is 4.17. The highest BCUT2D eigenvalue weighted by atomic mass is 32.2. The van der Waals surface area contributed by atoms with Gasteiger partial charge >= 0.3 is 0 Å². The molecule has 0 spiro atoms. The van der Waals surface area contributed by atoms with Crippen LogP contribution < -0.4 is 0 Å². The Morgan fingerprint density at radius 1 is 0.931 bits per heavy atom. The molecule has 29 heavy (non-hydrogen) atoms. The molecule has 2 aromatic rings. The molecular formula is C22H28N2O4S. The Balaban J connectivity index is 1.40. The summed E-state index contributed by atoms with van der Waals surface area (Å²) in [5.41, 5.74) is 0. The molecule has 7 heteroatoms. The van der Waals surface area contributed by atoms with Gasteiger partial charge in [0.1, 0.15) is 0 Å². The highest BCUT2D eigenvalue weighted by Crippen LogP contribution is 2.28. The molecule has 0 radical (unpaired) electrons. The summed E-state index contributed by atoms with van der Waals surface area (Å²) in [6.45, 7) is 2.24. The summed E-state index contributed by atoms with van der Waals surface area (Å²) in [4.78, 5) is 15.1. The van der Waals surface area contributed by atoms with Crippen LogP contribution in [0.15, 0.2) is 47.4 Å². The first-order chi connectivity index (χ1) is 14.0. The summed E-state index contributed by atoms with van der Waals surface area (Å²) >= 11 is 0. The van der Waals surface area contributed by atoms with E-state index in [-0.39, 0.29) is 17.9 Å². The first-order valence-corrected chi connectivity index (χ1v) is 11.7. The number of nitrogens with zero attached hydrogens (tertiary/aromatic N) is 2. The van der Waals surface area contributed by atoms with Crippen LogP contribution in [-0.4, -0.2) is 62.9 Å². The maximum absolute atomic E-state index is 13.1. The van der Waals surface area contributed by atoms with E-state index in [1.807, 2.05) is 35.2 Å². The number of rotatable bonds is 4. The van der Waals surface area contributed by atoms with Gasteiger partial charge in [0.15, 0.2) is 0 Å². The summed E-state index contributed by atoms with van der Waals surface area (Å²) in [5.74, 6) is 0.0828. The lowest BCUT2D eigenvalue weighted by atomic mass is 9.95. The van der Waals surface area contributed by atoms with Crippen LogP contribution in [0.25, 0.3) is 10.8 Å². The number of fused-ring (bicyclic) bond motifs is 1. The smallest absolute Gasteiger partial charge is 0.243 e. The van der Waals surface area contributed by atoms with Gasteiger partial charge in [0.05, 0.1) is 11.0 Å². The number of carbonyl (C=O) groups excluding carboxylic acids is 1. The molecule has 156 valence electrons. The Bertz CT molecular complexity index is 975. The highest BCUT2D eigenvalue weighted by molar-refractivity contribution is 7.89. The Morgan fingerprint density at radius 3 is 2.24 bits per heavy atom. The lowest BCUT2D eigenvalue weighted by Crippen LogP contribution is -2.47. The summed E-state index contributed by atoms with van der Waals surface area (Å²) in [5, 5.41) is 1.94. The number of hydrogen-bond donors (Lipinski definition) is 0. The summed E-state index contributed by atoms with van der Waals surface area (Å²) < 4.78 is 33.1. The zero-order chi connectivity index (χ0) is 20.4. The second-order valence-corrected chi connectivity index (χ2v) is 9.89. The van der Waals surface area contributed by atoms with Crippen molar-refractivity contribution in [1.82, 2.24) is 9.21 Å². The Kier molecular flexibility index (Phi) is 5.90. The van der Waals surface area contributed by atoms with E-state index in [0.29, 0.717) is 30.8 Å². The zero-order valence-corrected chi connectivity index (χ0v) is 17.6. The average Bonchev–Trinajstić information content (AvgIpc) is 2.78. The lowest BCUT2D eigenvalue weighted by molar-refractivity contribution is -0.139. The molecular weight excluding hydrogens is 388 g/mol. The molecule has 0 atom stereocenters. The number of methoxy groups -OCH3 is 1. The first-order valence-electron chi connectivity index (χ1n) is 10.3. The number of sulfonamides is 1. The minimum absolute atomic E-state index is 0.0860. The molecule has 1 amide bonds. The van der Waals surface area contributed by atoms with Gasteiger partial charge in [0.25, 0.3) is 0 Å². The van der Waals surface area contributed by atoms with Crippen molar-refractivity contribution in [2.45, 2.75) is 36.7 Å². The monoisotopic (exact) mass is 416 g/mol. The van der Waals surface area contributed by atoms with Gasteiger partial charge in [-0.1, -0.05) is 30.3 Å². The predicted molar refractivity (Wildman–Crippen MR) is 112 cm³/mol. The molecule has 2 heterocycles. The van der Waals surface area contributed by atoms with Gasteiger partial charge in [-0.3, -0.25) is 4.79 Å². The number of hydrogen-bond acceptors (Lipinski definition) is 4. The lowest BCUT2D eigenvalue weighted by Gasteiger charge is -2.36. The van der Waals surface area contributed by atoms with Crippen LogP contribution in [0.3, 0.4) is 0 Å². The van der Waals surface area contributed by atoms with Crippen LogP contribution in [0.4, 0.5) is 0 Å². The van der Waals surface area contributed by atoms with E-state index in [1.165, 1.54) is 4.31 Å². The number of piperidine rings is 2. The van der Waals surface area contributed by atoms with Crippen molar-refractivity contribution in [3.63, 3.8) is 0 Å². The average molecular weight is 417 g/mol. The van der Waals surface area contributed by atoms with E-state index in [0.717, 1.165) is 36.7 Å². The van der Waals surface area contributed by atoms with Gasteiger partial charge in [-0.05, 0) is 48.6 Å². The Morgan fingerprint density at radius 2 is 1.59 bits per heavy atom. The van der Waals surface area contributed by atoms with Gasteiger partial charge in [-0.25, -0.2) is 8.42 Å². The topological polar surface area (TPSA) is 66.9 Å². The molecule has 0 aromatic heterocycles. The standard InChI is InChI=1S/C22H28N2O4S/c1-28-20-10-12-23(13-11-20)22(25)18-8-14-24(15-9-18)29(26,27)21-7-6-17-4-2-3-5-19(17)16-21/h2-7,16,18,20H,8-15H2,1H3. The molecule has 6 nitrogen and oxygen atoms in total. The van der Waals surface area contributed by atoms with Crippen molar-refractivity contribution in [3.8, 4) is 0 Å². The number of ether oxygens (including phenoxy) is 1. The molecule has 2 aromatic carbocycles. The number of benzene rings is 2. The Labute approximate surface area is 172 Å². The van der Waals surface area contributed by atoms with Gasteiger partial charge in [-0.2, -0.15) is 4.31 Å². The molecule has 2 saturated heterocycles. The number of likely N-dealkylation sites (tertiary alicyclic amines) is 1. The van der Waals surface area contributed by atoms with E-state index < -0.39 is 10.0 Å². The molecule has 0 bridgehead atoms. The predicted octanol–water partition coefficient (Wildman–Crippen LogP) is 2.88. The summed E-state index contributed by atoms with van der Waals surface area (Å²) in [7, 11) is -1.83. The third-order valence-corrected chi connectivity index (χ3v) is 8.14. The quantitative estimate of drug-likeness (QED) is 0.769. The van der Waals surface area contributed by atoms with E-state index in [4.69, 9.17) is 4.74 Å². The van der Waals surface area contributed by atoms with E-state index in [2.05, 4.69) is 0 Å². The molecule has 0 N–H and O–H groups in total. The molecule has 2 fully saturated rings. The van der Waals surface area contributed by atoms with Gasteiger partial charge in [0.2, 0.25) is 15.9 Å². The van der Waals surface area contributed by atoms with Crippen molar-refractivity contribution in [3.05, 3.63) is 42.5 Å². The van der Waals surface area contributed by atoms with Crippen molar-refractivity contribution in [1.29, 1.82) is 0 Å². The second-order valence-electron chi connectivity index (χ2n) is 7.95. The van der Waals surface area contributed by atoms with Gasteiger partial charge in [0, 0.05) is 39.2 Å². The maximum Gasteiger partial charge on any atom is 0.243 e. The maximum atomic E-state index is 13.1. The van der Waals surface area contributed by atoms with Crippen LogP contribution >= 0.6 is 0 Å². The fourth-order valence-electron chi connectivity index (χ4n) is 4.39. The fourth-order valence-corrected chi connectivity index (χ4v) is 5.90. The van der Waals surface area contributed by atoms with Crippen LogP contribution in [0.1, 0.15) is 25.7 Å². The molecule has 2 aliphatic heterocycles. The summed E-state index contributed by atoms with van der Waals surface area (Å²) in [6.07, 6.45) is 3.15. The van der Waals surface area contributed by atoms with Crippen molar-refractivity contribution >= 4 is 26.7 Å². The molecule has 4 rings (SSSR count). The minimum Gasteiger partial charge on any atom is -0.381 e. The highest BCUT2D eigenvalue weighted by Gasteiger charge is 2.34. The van der Waals surface area contributed by atoms with Gasteiger partial charge in [-0.15, -0.1) is 0 Å². The Hall–Kier alpha value is -1.96. The van der Waals surface area contributed by atoms with Crippen LogP contribution in [0.5, 0.6) is 0 Å². The number of amides is 1. The molecule has 0 saturated carbocycles. The molecule has 0 unspecified atom stereocenters. The normalized spacial score (nSPS) is 20.2. The summed E-state index contributed by atoms with van der Waals surface area (Å²) in [6, 6.07) is 13.0. The van der Waals surface area contributed by atoms with Crippen molar-refractivity contribution < 1.29 is 17.9 Å². The largest absolute Gasteiger partial charge is 0.381 e. The van der Waals surface area contributed by atoms with Crippen molar-refractivity contribution in [2.75, 3.05) is 33.3 Å². The van der Waals surface area contributed by atoms with Gasteiger partial charge < -0.3 is 9.64 Å². The zero-order valence-electron chi connectivity index (χ0n) is 16.8. The van der Waals surface area contributed by atoms with Crippen LogP contribution in [0.2, 0.25) is 0 Å². The van der Waals surface area contributed by atoms with E-state index >= 15 is 0 Å². The third-order valence-electron chi connectivity index (χ3n) is 6.25. The second kappa shape index (κ2) is 8.42. The number of carbonyl (C=O) groups is 1. The van der Waals surface area contributed by atoms with E-state index in [9.17, 15) is 13.2 Å². The minimum atomic E-state index is -3.55. The molecule has 2 aliphatic rings. The fraction of sp³-hybridized carbons (Fsp3) is 0.500.